The summed E-state index contributed by atoms with van der Waals surface area (Å²) in [7, 11) is 1.76. The van der Waals surface area contributed by atoms with E-state index in [2.05, 4.69) is 11.0 Å². The zero-order valence-electron chi connectivity index (χ0n) is 9.89. The molecule has 1 heterocycles. The highest BCUT2D eigenvalue weighted by Crippen LogP contribution is 2.29. The standard InChI is InChI=1S/C13H19NO2/c1-10(15)12-5-3-4-6-13(12)14-8-7-11(9-14)16-2/h3-6,10-11,15H,7-9H2,1-2H3. The Morgan fingerprint density at radius 3 is 2.81 bits per heavy atom. The summed E-state index contributed by atoms with van der Waals surface area (Å²) in [6, 6.07) is 8.04. The fourth-order valence-corrected chi connectivity index (χ4v) is 2.27. The molecule has 0 bridgehead atoms. The van der Waals surface area contributed by atoms with Gasteiger partial charge >= 0.3 is 0 Å². The van der Waals surface area contributed by atoms with Crippen LogP contribution in [0.4, 0.5) is 5.69 Å². The van der Waals surface area contributed by atoms with Gasteiger partial charge in [-0.1, -0.05) is 18.2 Å². The first-order chi connectivity index (χ1) is 7.72. The number of hydrogen-bond donors (Lipinski definition) is 1. The zero-order valence-corrected chi connectivity index (χ0v) is 9.89. The Hall–Kier alpha value is -1.06. The Morgan fingerprint density at radius 1 is 1.44 bits per heavy atom. The van der Waals surface area contributed by atoms with Crippen molar-refractivity contribution in [1.29, 1.82) is 0 Å². The molecule has 0 radical (unpaired) electrons. The molecule has 2 rings (SSSR count). The highest BCUT2D eigenvalue weighted by Gasteiger charge is 2.24. The van der Waals surface area contributed by atoms with Crippen molar-refractivity contribution in [3.63, 3.8) is 0 Å². The molecule has 0 aliphatic carbocycles. The minimum Gasteiger partial charge on any atom is -0.389 e. The van der Waals surface area contributed by atoms with Crippen molar-refractivity contribution in [2.75, 3.05) is 25.1 Å². The molecule has 3 heteroatoms. The summed E-state index contributed by atoms with van der Waals surface area (Å²) in [4.78, 5) is 2.29. The van der Waals surface area contributed by atoms with Crippen LogP contribution in [0.25, 0.3) is 0 Å². The second-order valence-corrected chi connectivity index (χ2v) is 4.33. The van der Waals surface area contributed by atoms with Crippen molar-refractivity contribution in [2.24, 2.45) is 0 Å². The SMILES string of the molecule is COC1CCN(c2ccccc2C(C)O)C1. The van der Waals surface area contributed by atoms with E-state index in [-0.39, 0.29) is 0 Å². The van der Waals surface area contributed by atoms with E-state index < -0.39 is 6.10 Å². The van der Waals surface area contributed by atoms with E-state index in [1.165, 1.54) is 0 Å². The highest BCUT2D eigenvalue weighted by atomic mass is 16.5. The van der Waals surface area contributed by atoms with Gasteiger partial charge in [-0.3, -0.25) is 0 Å². The molecule has 0 aromatic heterocycles. The van der Waals surface area contributed by atoms with E-state index in [4.69, 9.17) is 4.74 Å². The smallest absolute Gasteiger partial charge is 0.0781 e. The number of para-hydroxylation sites is 1. The van der Waals surface area contributed by atoms with Crippen molar-refractivity contribution in [2.45, 2.75) is 25.6 Å². The Bertz CT molecular complexity index is 352. The van der Waals surface area contributed by atoms with E-state index >= 15 is 0 Å². The molecule has 0 spiro atoms. The van der Waals surface area contributed by atoms with Gasteiger partial charge in [0.2, 0.25) is 0 Å². The molecule has 2 unspecified atom stereocenters. The van der Waals surface area contributed by atoms with Gasteiger partial charge in [-0.05, 0) is 19.4 Å². The summed E-state index contributed by atoms with van der Waals surface area (Å²) in [6.45, 7) is 3.73. The molecule has 1 aliphatic heterocycles. The lowest BCUT2D eigenvalue weighted by molar-refractivity contribution is 0.121. The molecule has 1 aromatic carbocycles. The molecular formula is C13H19NO2. The number of anilines is 1. The fraction of sp³-hybridized carbons (Fsp3) is 0.538. The number of ether oxygens (including phenoxy) is 1. The van der Waals surface area contributed by atoms with Crippen molar-refractivity contribution in [1.82, 2.24) is 0 Å². The molecule has 16 heavy (non-hydrogen) atoms. The Balaban J connectivity index is 2.20. The molecule has 2 atom stereocenters. The van der Waals surface area contributed by atoms with Crippen LogP contribution < -0.4 is 4.90 Å². The summed E-state index contributed by atoms with van der Waals surface area (Å²) in [5.41, 5.74) is 2.14. The first-order valence-corrected chi connectivity index (χ1v) is 5.77. The van der Waals surface area contributed by atoms with Crippen LogP contribution in [0.5, 0.6) is 0 Å². The van der Waals surface area contributed by atoms with Crippen LogP contribution in [-0.2, 0) is 4.74 Å². The molecular weight excluding hydrogens is 202 g/mol. The van der Waals surface area contributed by atoms with Gasteiger partial charge in [0.05, 0.1) is 12.2 Å². The number of hydrogen-bond acceptors (Lipinski definition) is 3. The first-order valence-electron chi connectivity index (χ1n) is 5.77. The highest BCUT2D eigenvalue weighted by molar-refractivity contribution is 5.55. The van der Waals surface area contributed by atoms with Gasteiger partial charge in [-0.25, -0.2) is 0 Å². The van der Waals surface area contributed by atoms with Crippen molar-refractivity contribution in [3.8, 4) is 0 Å². The molecule has 1 saturated heterocycles. The van der Waals surface area contributed by atoms with Crippen LogP contribution >= 0.6 is 0 Å². The quantitative estimate of drug-likeness (QED) is 0.847. The van der Waals surface area contributed by atoms with E-state index in [9.17, 15) is 5.11 Å². The lowest BCUT2D eigenvalue weighted by Crippen LogP contribution is -2.23. The minimum absolute atomic E-state index is 0.321. The summed E-state index contributed by atoms with van der Waals surface area (Å²) in [5.74, 6) is 0. The third-order valence-corrected chi connectivity index (χ3v) is 3.21. The zero-order chi connectivity index (χ0) is 11.5. The first kappa shape index (κ1) is 11.4. The Labute approximate surface area is 96.6 Å². The summed E-state index contributed by atoms with van der Waals surface area (Å²) in [6.07, 6.45) is 0.963. The van der Waals surface area contributed by atoms with Crippen LogP contribution in [0.1, 0.15) is 25.0 Å². The number of nitrogens with zero attached hydrogens (tertiary/aromatic N) is 1. The number of aliphatic hydroxyl groups is 1. The lowest BCUT2D eigenvalue weighted by atomic mass is 10.1. The predicted molar refractivity (Wildman–Crippen MR) is 64.7 cm³/mol. The molecule has 1 N–H and O–H groups in total. The number of methoxy groups -OCH3 is 1. The van der Waals surface area contributed by atoms with Crippen molar-refractivity contribution < 1.29 is 9.84 Å². The van der Waals surface area contributed by atoms with Crippen LogP contribution in [0, 0.1) is 0 Å². The molecule has 0 saturated carbocycles. The normalized spacial score (nSPS) is 22.4. The van der Waals surface area contributed by atoms with Crippen molar-refractivity contribution >= 4 is 5.69 Å². The average molecular weight is 221 g/mol. The largest absolute Gasteiger partial charge is 0.389 e. The summed E-state index contributed by atoms with van der Waals surface area (Å²) in [5, 5.41) is 9.73. The fourth-order valence-electron chi connectivity index (χ4n) is 2.27. The van der Waals surface area contributed by atoms with E-state index in [0.717, 1.165) is 30.8 Å². The second-order valence-electron chi connectivity index (χ2n) is 4.33. The maximum absolute atomic E-state index is 9.73. The van der Waals surface area contributed by atoms with Crippen molar-refractivity contribution in [3.05, 3.63) is 29.8 Å². The van der Waals surface area contributed by atoms with Gasteiger partial charge in [0, 0.05) is 31.5 Å². The van der Waals surface area contributed by atoms with Crippen LogP contribution in [0.3, 0.4) is 0 Å². The molecule has 1 fully saturated rings. The molecule has 88 valence electrons. The van der Waals surface area contributed by atoms with E-state index in [0.29, 0.717) is 6.10 Å². The number of benzene rings is 1. The third-order valence-electron chi connectivity index (χ3n) is 3.21. The summed E-state index contributed by atoms with van der Waals surface area (Å²) >= 11 is 0. The monoisotopic (exact) mass is 221 g/mol. The third kappa shape index (κ3) is 2.20. The van der Waals surface area contributed by atoms with Gasteiger partial charge in [0.25, 0.3) is 0 Å². The lowest BCUT2D eigenvalue weighted by Gasteiger charge is -2.23. The van der Waals surface area contributed by atoms with Gasteiger partial charge < -0.3 is 14.7 Å². The Kier molecular flexibility index (Phi) is 3.46. The molecule has 0 amide bonds. The van der Waals surface area contributed by atoms with Crippen LogP contribution in [0.2, 0.25) is 0 Å². The topological polar surface area (TPSA) is 32.7 Å². The summed E-state index contributed by atoms with van der Waals surface area (Å²) < 4.78 is 5.36. The molecule has 3 nitrogen and oxygen atoms in total. The van der Waals surface area contributed by atoms with Crippen LogP contribution in [-0.4, -0.2) is 31.4 Å². The van der Waals surface area contributed by atoms with Gasteiger partial charge in [0.15, 0.2) is 0 Å². The van der Waals surface area contributed by atoms with Gasteiger partial charge in [-0.15, -0.1) is 0 Å². The second kappa shape index (κ2) is 4.85. The van der Waals surface area contributed by atoms with E-state index in [1.54, 1.807) is 7.11 Å². The maximum atomic E-state index is 9.73. The minimum atomic E-state index is -0.419. The molecule has 1 aromatic rings. The average Bonchev–Trinajstić information content (AvgIpc) is 2.77. The van der Waals surface area contributed by atoms with E-state index in [1.807, 2.05) is 25.1 Å². The van der Waals surface area contributed by atoms with Gasteiger partial charge in [0.1, 0.15) is 0 Å². The van der Waals surface area contributed by atoms with Crippen LogP contribution in [0.15, 0.2) is 24.3 Å². The van der Waals surface area contributed by atoms with Gasteiger partial charge in [-0.2, -0.15) is 0 Å². The Morgan fingerprint density at radius 2 is 2.19 bits per heavy atom. The predicted octanol–water partition coefficient (Wildman–Crippen LogP) is 1.96. The number of rotatable bonds is 3. The maximum Gasteiger partial charge on any atom is 0.0781 e. The number of aliphatic hydroxyl groups excluding tert-OH is 1. The molecule has 1 aliphatic rings.